The van der Waals surface area contributed by atoms with Gasteiger partial charge in [-0.05, 0) is 22.9 Å². The van der Waals surface area contributed by atoms with E-state index < -0.39 is 0 Å². The number of rotatable bonds is 4. The number of hydrogen-bond donors (Lipinski definition) is 1. The molecule has 2 rings (SSSR count). The zero-order valence-electron chi connectivity index (χ0n) is 9.82. The number of aromatic nitrogens is 4. The fraction of sp³-hybridized carbons (Fsp3) is 0.364. The van der Waals surface area contributed by atoms with Crippen LogP contribution < -0.4 is 5.73 Å². The van der Waals surface area contributed by atoms with E-state index in [1.54, 1.807) is 16.4 Å². The SMILES string of the molecule is CC(N)C(Sc1nnnn1C)c1ccccc1. The van der Waals surface area contributed by atoms with E-state index in [0.717, 1.165) is 5.16 Å². The number of nitrogens with two attached hydrogens (primary N) is 1. The second-order valence-corrected chi connectivity index (χ2v) is 5.00. The monoisotopic (exact) mass is 249 g/mol. The first kappa shape index (κ1) is 12.1. The molecule has 0 fully saturated rings. The van der Waals surface area contributed by atoms with Crippen LogP contribution in [0.25, 0.3) is 0 Å². The van der Waals surface area contributed by atoms with E-state index in [0.29, 0.717) is 0 Å². The molecule has 0 aliphatic carbocycles. The first-order chi connectivity index (χ1) is 8.18. The van der Waals surface area contributed by atoms with E-state index >= 15 is 0 Å². The summed E-state index contributed by atoms with van der Waals surface area (Å²) in [6.07, 6.45) is 0. The van der Waals surface area contributed by atoms with E-state index in [2.05, 4.69) is 27.7 Å². The number of hydrogen-bond acceptors (Lipinski definition) is 5. The van der Waals surface area contributed by atoms with E-state index in [1.165, 1.54) is 5.56 Å². The Morgan fingerprint density at radius 3 is 2.53 bits per heavy atom. The number of tetrazole rings is 1. The second-order valence-electron chi connectivity index (χ2n) is 3.89. The Hall–Kier alpha value is -1.40. The molecule has 0 saturated carbocycles. The van der Waals surface area contributed by atoms with Gasteiger partial charge in [-0.2, -0.15) is 0 Å². The van der Waals surface area contributed by atoms with Crippen molar-refractivity contribution in [1.82, 2.24) is 20.2 Å². The third-order valence-corrected chi connectivity index (χ3v) is 3.93. The summed E-state index contributed by atoms with van der Waals surface area (Å²) >= 11 is 1.59. The van der Waals surface area contributed by atoms with Crippen LogP contribution in [0.3, 0.4) is 0 Å². The zero-order valence-corrected chi connectivity index (χ0v) is 10.6. The van der Waals surface area contributed by atoms with Crippen LogP contribution in [0.2, 0.25) is 0 Å². The van der Waals surface area contributed by atoms with Crippen molar-refractivity contribution in [2.75, 3.05) is 0 Å². The van der Waals surface area contributed by atoms with Crippen molar-refractivity contribution >= 4 is 11.8 Å². The molecule has 1 heterocycles. The summed E-state index contributed by atoms with van der Waals surface area (Å²) in [4.78, 5) is 0. The van der Waals surface area contributed by atoms with Gasteiger partial charge in [0.2, 0.25) is 5.16 Å². The lowest BCUT2D eigenvalue weighted by molar-refractivity contribution is 0.657. The number of benzene rings is 1. The van der Waals surface area contributed by atoms with Gasteiger partial charge in [0.05, 0.1) is 5.25 Å². The summed E-state index contributed by atoms with van der Waals surface area (Å²) in [6, 6.07) is 10.2. The van der Waals surface area contributed by atoms with Crippen molar-refractivity contribution in [2.24, 2.45) is 12.8 Å². The second kappa shape index (κ2) is 5.29. The Labute approximate surface area is 104 Å². The first-order valence-electron chi connectivity index (χ1n) is 5.38. The lowest BCUT2D eigenvalue weighted by Crippen LogP contribution is -2.22. The zero-order chi connectivity index (χ0) is 12.3. The minimum atomic E-state index is 0.0269. The maximum absolute atomic E-state index is 6.04. The third-order valence-electron chi connectivity index (χ3n) is 2.42. The average molecular weight is 249 g/mol. The predicted molar refractivity (Wildman–Crippen MR) is 67.5 cm³/mol. The molecule has 2 N–H and O–H groups in total. The quantitative estimate of drug-likeness (QED) is 0.829. The molecule has 0 radical (unpaired) electrons. The van der Waals surface area contributed by atoms with Crippen LogP contribution in [-0.2, 0) is 7.05 Å². The summed E-state index contributed by atoms with van der Waals surface area (Å²) in [5.41, 5.74) is 7.23. The van der Waals surface area contributed by atoms with Crippen LogP contribution in [0.15, 0.2) is 35.5 Å². The highest BCUT2D eigenvalue weighted by Crippen LogP contribution is 2.35. The molecule has 90 valence electrons. The Morgan fingerprint density at radius 1 is 1.29 bits per heavy atom. The van der Waals surface area contributed by atoms with Crippen molar-refractivity contribution in [3.63, 3.8) is 0 Å². The molecule has 2 atom stereocenters. The minimum absolute atomic E-state index is 0.0269. The highest BCUT2D eigenvalue weighted by atomic mass is 32.2. The van der Waals surface area contributed by atoms with Gasteiger partial charge in [0, 0.05) is 13.1 Å². The molecule has 2 aromatic rings. The molecule has 1 aromatic heterocycles. The van der Waals surface area contributed by atoms with Crippen LogP contribution in [-0.4, -0.2) is 26.2 Å². The molecule has 0 bridgehead atoms. The molecule has 6 heteroatoms. The molecule has 17 heavy (non-hydrogen) atoms. The lowest BCUT2D eigenvalue weighted by Gasteiger charge is -2.19. The number of thioether (sulfide) groups is 1. The maximum Gasteiger partial charge on any atom is 0.209 e. The van der Waals surface area contributed by atoms with Crippen molar-refractivity contribution in [3.05, 3.63) is 35.9 Å². The molecule has 2 unspecified atom stereocenters. The van der Waals surface area contributed by atoms with E-state index in [-0.39, 0.29) is 11.3 Å². The molecule has 5 nitrogen and oxygen atoms in total. The molecular weight excluding hydrogens is 234 g/mol. The summed E-state index contributed by atoms with van der Waals surface area (Å²) in [5, 5.41) is 12.3. The van der Waals surface area contributed by atoms with E-state index in [4.69, 9.17) is 5.73 Å². The highest BCUT2D eigenvalue weighted by molar-refractivity contribution is 7.99. The maximum atomic E-state index is 6.04. The van der Waals surface area contributed by atoms with E-state index in [9.17, 15) is 0 Å². The number of aryl methyl sites for hydroxylation is 1. The average Bonchev–Trinajstić information content (AvgIpc) is 2.72. The van der Waals surface area contributed by atoms with Gasteiger partial charge in [0.1, 0.15) is 0 Å². The fourth-order valence-corrected chi connectivity index (χ4v) is 2.56. The normalized spacial score (nSPS) is 14.5. The predicted octanol–water partition coefficient (Wildman–Crippen LogP) is 1.39. The van der Waals surface area contributed by atoms with Crippen LogP contribution in [0, 0.1) is 0 Å². The van der Waals surface area contributed by atoms with Crippen molar-refractivity contribution in [2.45, 2.75) is 23.4 Å². The van der Waals surface area contributed by atoms with Gasteiger partial charge in [-0.3, -0.25) is 0 Å². The Morgan fingerprint density at radius 2 is 2.00 bits per heavy atom. The Balaban J connectivity index is 2.22. The van der Waals surface area contributed by atoms with Crippen LogP contribution >= 0.6 is 11.8 Å². The summed E-state index contributed by atoms with van der Waals surface area (Å²) in [5.74, 6) is 0. The van der Waals surface area contributed by atoms with Gasteiger partial charge in [-0.15, -0.1) is 5.10 Å². The van der Waals surface area contributed by atoms with Crippen molar-refractivity contribution < 1.29 is 0 Å². The Kier molecular flexibility index (Phi) is 3.75. The van der Waals surface area contributed by atoms with Crippen LogP contribution in [0.5, 0.6) is 0 Å². The van der Waals surface area contributed by atoms with E-state index in [1.807, 2.05) is 32.2 Å². The number of nitrogens with zero attached hydrogens (tertiary/aromatic N) is 4. The molecular formula is C11H15N5S. The molecule has 0 saturated heterocycles. The smallest absolute Gasteiger partial charge is 0.209 e. The standard InChI is InChI=1S/C11H15N5S/c1-8(12)10(9-6-4-3-5-7-9)17-11-13-14-15-16(11)2/h3-8,10H,12H2,1-2H3. The summed E-state index contributed by atoms with van der Waals surface area (Å²) in [6.45, 7) is 1.99. The van der Waals surface area contributed by atoms with Gasteiger partial charge >= 0.3 is 0 Å². The largest absolute Gasteiger partial charge is 0.327 e. The third kappa shape index (κ3) is 2.83. The van der Waals surface area contributed by atoms with Gasteiger partial charge in [0.25, 0.3) is 0 Å². The van der Waals surface area contributed by atoms with Crippen LogP contribution in [0.4, 0.5) is 0 Å². The molecule has 1 aromatic carbocycles. The molecule has 0 spiro atoms. The lowest BCUT2D eigenvalue weighted by atomic mass is 10.1. The fourth-order valence-electron chi connectivity index (χ4n) is 1.56. The topological polar surface area (TPSA) is 69.6 Å². The minimum Gasteiger partial charge on any atom is -0.327 e. The van der Waals surface area contributed by atoms with Gasteiger partial charge in [0.15, 0.2) is 0 Å². The molecule has 0 aliphatic heterocycles. The van der Waals surface area contributed by atoms with Crippen LogP contribution in [0.1, 0.15) is 17.7 Å². The van der Waals surface area contributed by atoms with Crippen molar-refractivity contribution in [1.29, 1.82) is 0 Å². The first-order valence-corrected chi connectivity index (χ1v) is 6.26. The summed E-state index contributed by atoms with van der Waals surface area (Å²) in [7, 11) is 1.82. The Bertz CT molecular complexity index is 468. The summed E-state index contributed by atoms with van der Waals surface area (Å²) < 4.78 is 1.66. The molecule has 0 aliphatic rings. The van der Waals surface area contributed by atoms with Gasteiger partial charge in [-0.1, -0.05) is 42.1 Å². The van der Waals surface area contributed by atoms with Gasteiger partial charge in [-0.25, -0.2) is 4.68 Å². The van der Waals surface area contributed by atoms with Crippen molar-refractivity contribution in [3.8, 4) is 0 Å². The van der Waals surface area contributed by atoms with Gasteiger partial charge < -0.3 is 5.73 Å². The molecule has 0 amide bonds. The highest BCUT2D eigenvalue weighted by Gasteiger charge is 2.20.